The number of aromatic nitrogens is 1. The Morgan fingerprint density at radius 2 is 1.97 bits per heavy atom. The summed E-state index contributed by atoms with van der Waals surface area (Å²) in [6.45, 7) is 2.44. The van der Waals surface area contributed by atoms with Gasteiger partial charge in [0.05, 0.1) is 13.2 Å². The van der Waals surface area contributed by atoms with Crippen molar-refractivity contribution < 1.29 is 46.1 Å². The van der Waals surface area contributed by atoms with Crippen LogP contribution in [0.4, 0.5) is 27.6 Å². The van der Waals surface area contributed by atoms with Crippen LogP contribution < -0.4 is 10.1 Å². The number of hydrogen-bond acceptors (Lipinski definition) is 6. The molecule has 206 valence electrons. The number of nitrogens with one attached hydrogen (secondary N) is 1. The third kappa shape index (κ3) is 4.80. The summed E-state index contributed by atoms with van der Waals surface area (Å²) in [6, 6.07) is 4.40. The molecule has 13 heteroatoms. The summed E-state index contributed by atoms with van der Waals surface area (Å²) < 4.78 is 81.0. The molecule has 2 fully saturated rings. The van der Waals surface area contributed by atoms with Gasteiger partial charge < -0.3 is 24.8 Å². The molecule has 5 atom stereocenters. The van der Waals surface area contributed by atoms with Crippen LogP contribution in [0.5, 0.6) is 5.75 Å². The SMILES string of the molecule is COc1c([C@H]2[C@H](C(=O)Nc3ccnc(C(=O)N4CC[C@H](O)C4)c3)O[C@@](C)(C(F)(F)F)[C@H]2C)ccc(F)c1F. The highest BCUT2D eigenvalue weighted by Crippen LogP contribution is 2.55. The Hall–Kier alpha value is -3.32. The first kappa shape index (κ1) is 27.7. The van der Waals surface area contributed by atoms with E-state index in [1.54, 1.807) is 0 Å². The van der Waals surface area contributed by atoms with Gasteiger partial charge in [-0.3, -0.25) is 14.6 Å². The zero-order valence-electron chi connectivity index (χ0n) is 20.7. The van der Waals surface area contributed by atoms with Gasteiger partial charge in [0.15, 0.2) is 17.2 Å². The van der Waals surface area contributed by atoms with Gasteiger partial charge in [-0.25, -0.2) is 4.39 Å². The van der Waals surface area contributed by atoms with Gasteiger partial charge in [-0.15, -0.1) is 0 Å². The molecule has 2 aromatic rings. The number of likely N-dealkylation sites (tertiary alicyclic amines) is 1. The van der Waals surface area contributed by atoms with Crippen molar-refractivity contribution in [3.8, 4) is 5.75 Å². The number of ether oxygens (including phenoxy) is 2. The van der Waals surface area contributed by atoms with Crippen LogP contribution in [0.15, 0.2) is 30.5 Å². The topological polar surface area (TPSA) is 101 Å². The van der Waals surface area contributed by atoms with E-state index < -0.39 is 65.0 Å². The van der Waals surface area contributed by atoms with E-state index in [2.05, 4.69) is 10.3 Å². The molecule has 2 aliphatic rings. The smallest absolute Gasteiger partial charge is 0.417 e. The molecule has 4 rings (SSSR count). The molecular weight excluding hydrogens is 517 g/mol. The number of halogens is 5. The molecule has 0 aliphatic carbocycles. The summed E-state index contributed by atoms with van der Waals surface area (Å²) in [4.78, 5) is 31.4. The van der Waals surface area contributed by atoms with Gasteiger partial charge in [-0.2, -0.15) is 17.6 Å². The lowest BCUT2D eigenvalue weighted by molar-refractivity contribution is -0.272. The number of β-amino-alcohol motifs (C(OH)–C–C–N with tert-alkyl or cyclic N) is 1. The van der Waals surface area contributed by atoms with Crippen LogP contribution in [0.1, 0.15) is 42.2 Å². The predicted octanol–water partition coefficient (Wildman–Crippen LogP) is 3.65. The molecule has 3 heterocycles. The fraction of sp³-hybridized carbons (Fsp3) is 0.480. The van der Waals surface area contributed by atoms with Crippen LogP contribution in [0.3, 0.4) is 0 Å². The van der Waals surface area contributed by atoms with Gasteiger partial charge >= 0.3 is 6.18 Å². The van der Waals surface area contributed by atoms with Crippen molar-refractivity contribution in [1.29, 1.82) is 0 Å². The maximum Gasteiger partial charge on any atom is 0.417 e. The number of anilines is 1. The summed E-state index contributed by atoms with van der Waals surface area (Å²) in [5, 5.41) is 12.1. The van der Waals surface area contributed by atoms with Crippen molar-refractivity contribution in [2.45, 2.75) is 50.2 Å². The van der Waals surface area contributed by atoms with E-state index in [1.165, 1.54) is 30.2 Å². The number of carbonyl (C=O) groups excluding carboxylic acids is 2. The van der Waals surface area contributed by atoms with E-state index >= 15 is 0 Å². The molecule has 38 heavy (non-hydrogen) atoms. The minimum absolute atomic E-state index is 0.0448. The number of aliphatic hydroxyl groups excluding tert-OH is 1. The maximum absolute atomic E-state index is 14.5. The van der Waals surface area contributed by atoms with Crippen molar-refractivity contribution in [2.75, 3.05) is 25.5 Å². The van der Waals surface area contributed by atoms with Crippen molar-refractivity contribution in [3.05, 3.63) is 53.4 Å². The van der Waals surface area contributed by atoms with Crippen LogP contribution >= 0.6 is 0 Å². The Bertz CT molecular complexity index is 1240. The molecule has 0 saturated carbocycles. The average molecular weight is 543 g/mol. The fourth-order valence-electron chi connectivity index (χ4n) is 4.97. The molecule has 1 aromatic carbocycles. The number of methoxy groups -OCH3 is 1. The molecule has 2 saturated heterocycles. The highest BCUT2D eigenvalue weighted by Gasteiger charge is 2.66. The molecule has 0 spiro atoms. The quantitative estimate of drug-likeness (QED) is 0.559. The van der Waals surface area contributed by atoms with E-state index in [-0.39, 0.29) is 23.5 Å². The lowest BCUT2D eigenvalue weighted by Gasteiger charge is -2.32. The van der Waals surface area contributed by atoms with Gasteiger partial charge in [0, 0.05) is 42.4 Å². The third-order valence-electron chi connectivity index (χ3n) is 7.27. The number of hydrogen-bond donors (Lipinski definition) is 2. The first-order valence-corrected chi connectivity index (χ1v) is 11.8. The van der Waals surface area contributed by atoms with E-state index in [0.29, 0.717) is 13.0 Å². The zero-order chi connectivity index (χ0) is 28.0. The second-order valence-corrected chi connectivity index (χ2v) is 9.55. The number of amides is 2. The lowest BCUT2D eigenvalue weighted by Crippen LogP contribution is -2.47. The van der Waals surface area contributed by atoms with E-state index in [4.69, 9.17) is 9.47 Å². The standard InChI is InChI=1S/C25H26F5N3O5/c1-12-18(15-4-5-16(26)19(27)20(15)37-3)21(38-24(12,2)25(28,29)30)22(35)32-13-6-8-31-17(10-13)23(36)33-9-7-14(34)11-33/h4-6,8,10,12,14,18,21,34H,7,9,11H2,1-3H3,(H,31,32,35)/t12-,14-,18-,21+,24+/m0/s1. The second-order valence-electron chi connectivity index (χ2n) is 9.55. The first-order valence-electron chi connectivity index (χ1n) is 11.8. The number of rotatable bonds is 5. The highest BCUT2D eigenvalue weighted by atomic mass is 19.4. The number of alkyl halides is 3. The van der Waals surface area contributed by atoms with Gasteiger partial charge in [-0.05, 0) is 31.5 Å². The molecule has 1 aromatic heterocycles. The van der Waals surface area contributed by atoms with Crippen LogP contribution in [-0.4, -0.2) is 71.0 Å². The molecule has 8 nitrogen and oxygen atoms in total. The van der Waals surface area contributed by atoms with Gasteiger partial charge in [-0.1, -0.05) is 13.0 Å². The van der Waals surface area contributed by atoms with E-state index in [9.17, 15) is 36.6 Å². The van der Waals surface area contributed by atoms with Crippen molar-refractivity contribution in [1.82, 2.24) is 9.88 Å². The normalized spacial score (nSPS) is 27.4. The van der Waals surface area contributed by atoms with Crippen molar-refractivity contribution in [2.24, 2.45) is 5.92 Å². The minimum Gasteiger partial charge on any atom is -0.493 e. The Morgan fingerprint density at radius 3 is 2.58 bits per heavy atom. The molecule has 2 amide bonds. The lowest BCUT2D eigenvalue weighted by atomic mass is 9.77. The third-order valence-corrected chi connectivity index (χ3v) is 7.27. The van der Waals surface area contributed by atoms with E-state index in [1.807, 2.05) is 0 Å². The predicted molar refractivity (Wildman–Crippen MR) is 124 cm³/mol. The summed E-state index contributed by atoms with van der Waals surface area (Å²) in [7, 11) is 1.04. The number of benzene rings is 1. The summed E-state index contributed by atoms with van der Waals surface area (Å²) in [5.74, 6) is -7.56. The number of carbonyl (C=O) groups is 2. The summed E-state index contributed by atoms with van der Waals surface area (Å²) in [5.41, 5.74) is -2.95. The van der Waals surface area contributed by atoms with Gasteiger partial charge in [0.1, 0.15) is 11.8 Å². The molecule has 0 radical (unpaired) electrons. The Labute approximate surface area is 214 Å². The molecular formula is C25H26F5N3O5. The zero-order valence-corrected chi connectivity index (χ0v) is 20.7. The molecule has 0 unspecified atom stereocenters. The van der Waals surface area contributed by atoms with Crippen LogP contribution in [0, 0.1) is 17.6 Å². The first-order chi connectivity index (χ1) is 17.8. The van der Waals surface area contributed by atoms with Crippen LogP contribution in [-0.2, 0) is 9.53 Å². The largest absolute Gasteiger partial charge is 0.493 e. The van der Waals surface area contributed by atoms with Gasteiger partial charge in [0.2, 0.25) is 5.82 Å². The minimum atomic E-state index is -4.90. The van der Waals surface area contributed by atoms with Crippen molar-refractivity contribution in [3.63, 3.8) is 0 Å². The number of nitrogens with zero attached hydrogens (tertiary/aromatic N) is 2. The Balaban J connectivity index is 1.67. The van der Waals surface area contributed by atoms with Crippen LogP contribution in [0.2, 0.25) is 0 Å². The van der Waals surface area contributed by atoms with Crippen LogP contribution in [0.25, 0.3) is 0 Å². The maximum atomic E-state index is 14.5. The second kappa shape index (κ2) is 10.1. The number of aliphatic hydroxyl groups is 1. The monoisotopic (exact) mass is 543 g/mol. The summed E-state index contributed by atoms with van der Waals surface area (Å²) in [6.07, 6.45) is -5.69. The van der Waals surface area contributed by atoms with E-state index in [0.717, 1.165) is 26.2 Å². The molecule has 2 aliphatic heterocycles. The Morgan fingerprint density at radius 1 is 1.26 bits per heavy atom. The van der Waals surface area contributed by atoms with Crippen molar-refractivity contribution >= 4 is 17.5 Å². The molecule has 2 N–H and O–H groups in total. The highest BCUT2D eigenvalue weighted by molar-refractivity contribution is 5.98. The van der Waals surface area contributed by atoms with Gasteiger partial charge in [0.25, 0.3) is 11.8 Å². The summed E-state index contributed by atoms with van der Waals surface area (Å²) >= 11 is 0. The Kier molecular flexibility index (Phi) is 7.36. The number of pyridine rings is 1. The average Bonchev–Trinajstić information content (AvgIpc) is 3.41. The molecule has 0 bridgehead atoms. The fourth-order valence-corrected chi connectivity index (χ4v) is 4.97.